The number of aryl methyl sites for hydroxylation is 1. The van der Waals surface area contributed by atoms with Crippen LogP contribution >= 0.6 is 11.6 Å². The predicted octanol–water partition coefficient (Wildman–Crippen LogP) is 6.57. The first-order valence-corrected chi connectivity index (χ1v) is 18.7. The van der Waals surface area contributed by atoms with E-state index in [1.807, 2.05) is 60.5 Å². The van der Waals surface area contributed by atoms with Crippen LogP contribution in [0.3, 0.4) is 0 Å². The van der Waals surface area contributed by atoms with Crippen molar-refractivity contribution in [3.63, 3.8) is 0 Å². The second-order valence-electron chi connectivity index (χ2n) is 14.6. The molecule has 12 heteroatoms. The van der Waals surface area contributed by atoms with Gasteiger partial charge in [0.2, 0.25) is 11.8 Å². The number of hydrogen-bond donors (Lipinski definition) is 3. The molecule has 3 atom stereocenters. The van der Waals surface area contributed by atoms with Crippen LogP contribution < -0.4 is 16.2 Å². The predicted molar refractivity (Wildman–Crippen MR) is 207 cm³/mol. The number of halogens is 1. The zero-order valence-corrected chi connectivity index (χ0v) is 30.9. The standard InChI is InChI=1S/C42H41ClN6O5/c1-24-30(27-17-18-48-37(20-27)44-21-28(41(48)52)22-47(2)36-14-16-39(51)46-36)5-3-6-31(24)34-8-4-7-33(40(34)43)26-9-12-32-25(19-26)10-13-35(32)49(42(53)54)23-29-11-15-38(50)45-29/h3-9,12,17-21,29,35-36H,10-11,13-16,22-23H2,1-2H3,(H,45,50)(H,46,51)(H,53,54)/t29-,35?,36-/m0/s1. The Labute approximate surface area is 317 Å². The largest absolute Gasteiger partial charge is 0.465 e. The average Bonchev–Trinajstić information content (AvgIpc) is 3.91. The smallest absolute Gasteiger partial charge is 0.407 e. The quantitative estimate of drug-likeness (QED) is 0.155. The van der Waals surface area contributed by atoms with Gasteiger partial charge in [0.25, 0.3) is 5.56 Å². The van der Waals surface area contributed by atoms with Crippen LogP contribution in [0.25, 0.3) is 39.0 Å². The van der Waals surface area contributed by atoms with Gasteiger partial charge in [-0.3, -0.25) is 28.6 Å². The molecule has 54 heavy (non-hydrogen) atoms. The lowest BCUT2D eigenvalue weighted by atomic mass is 9.91. The molecule has 8 rings (SSSR count). The minimum atomic E-state index is -0.981. The number of fused-ring (bicyclic) bond motifs is 2. The zero-order valence-electron chi connectivity index (χ0n) is 30.1. The van der Waals surface area contributed by atoms with Gasteiger partial charge in [-0.05, 0) is 90.7 Å². The van der Waals surface area contributed by atoms with Crippen molar-refractivity contribution in [3.8, 4) is 33.4 Å². The van der Waals surface area contributed by atoms with E-state index in [1.54, 1.807) is 16.8 Å². The number of carbonyl (C=O) groups is 3. The molecule has 2 aromatic heterocycles. The van der Waals surface area contributed by atoms with E-state index in [-0.39, 0.29) is 42.2 Å². The Morgan fingerprint density at radius 1 is 0.889 bits per heavy atom. The third kappa shape index (κ3) is 6.62. The van der Waals surface area contributed by atoms with E-state index in [9.17, 15) is 24.3 Å². The summed E-state index contributed by atoms with van der Waals surface area (Å²) in [6.45, 7) is 2.72. The van der Waals surface area contributed by atoms with Gasteiger partial charge in [-0.15, -0.1) is 0 Å². The molecule has 2 aliphatic heterocycles. The number of pyridine rings is 1. The molecule has 2 saturated heterocycles. The van der Waals surface area contributed by atoms with Crippen molar-refractivity contribution in [1.82, 2.24) is 29.8 Å². The van der Waals surface area contributed by atoms with E-state index in [4.69, 9.17) is 11.6 Å². The van der Waals surface area contributed by atoms with E-state index in [0.29, 0.717) is 54.9 Å². The second-order valence-corrected chi connectivity index (χ2v) is 15.0. The normalized spacial score (nSPS) is 19.3. The highest BCUT2D eigenvalue weighted by Gasteiger charge is 2.34. The monoisotopic (exact) mass is 744 g/mol. The Morgan fingerprint density at radius 2 is 1.61 bits per heavy atom. The molecule has 3 N–H and O–H groups in total. The fraction of sp³-hybridized carbons (Fsp3) is 0.310. The molecule has 11 nitrogen and oxygen atoms in total. The van der Waals surface area contributed by atoms with Crippen LogP contribution in [0, 0.1) is 6.92 Å². The molecule has 0 radical (unpaired) electrons. The second kappa shape index (κ2) is 14.4. The summed E-state index contributed by atoms with van der Waals surface area (Å²) < 4.78 is 1.56. The SMILES string of the molecule is Cc1c(-c2ccn3c(=O)c(CN(C)[C@H]4CCC(=O)N4)cnc3c2)cccc1-c1cccc(-c2ccc3c(c2)CCC3N(C[C@@H]2CCC(=O)N2)C(=O)O)c1Cl. The summed E-state index contributed by atoms with van der Waals surface area (Å²) >= 11 is 7.23. The van der Waals surface area contributed by atoms with Crippen LogP contribution in [0.4, 0.5) is 4.79 Å². The first-order valence-electron chi connectivity index (χ1n) is 18.4. The van der Waals surface area contributed by atoms with Gasteiger partial charge in [-0.25, -0.2) is 9.78 Å². The Kier molecular flexibility index (Phi) is 9.45. The van der Waals surface area contributed by atoms with Gasteiger partial charge in [0.1, 0.15) is 5.65 Å². The number of nitrogens with zero attached hydrogens (tertiary/aromatic N) is 4. The lowest BCUT2D eigenvalue weighted by molar-refractivity contribution is -0.120. The molecule has 0 saturated carbocycles. The van der Waals surface area contributed by atoms with Crippen molar-refractivity contribution >= 4 is 35.2 Å². The fourth-order valence-corrected chi connectivity index (χ4v) is 8.71. The summed E-state index contributed by atoms with van der Waals surface area (Å²) in [5, 5.41) is 16.6. The third-order valence-corrected chi connectivity index (χ3v) is 11.7. The van der Waals surface area contributed by atoms with Gasteiger partial charge in [0, 0.05) is 55.5 Å². The van der Waals surface area contributed by atoms with E-state index in [2.05, 4.69) is 40.7 Å². The van der Waals surface area contributed by atoms with Gasteiger partial charge in [0.05, 0.1) is 22.8 Å². The summed E-state index contributed by atoms with van der Waals surface area (Å²) in [6.07, 6.45) is 6.02. The van der Waals surface area contributed by atoms with Gasteiger partial charge in [-0.1, -0.05) is 66.2 Å². The molecule has 276 valence electrons. The van der Waals surface area contributed by atoms with Crippen molar-refractivity contribution in [1.29, 1.82) is 0 Å². The van der Waals surface area contributed by atoms with E-state index in [0.717, 1.165) is 56.5 Å². The maximum atomic E-state index is 13.4. The number of rotatable bonds is 9. The van der Waals surface area contributed by atoms with E-state index in [1.165, 1.54) is 4.90 Å². The Bertz CT molecular complexity index is 2390. The first kappa shape index (κ1) is 35.5. The van der Waals surface area contributed by atoms with E-state index >= 15 is 0 Å². The van der Waals surface area contributed by atoms with Gasteiger partial charge < -0.3 is 15.7 Å². The van der Waals surface area contributed by atoms with Crippen LogP contribution in [0.5, 0.6) is 0 Å². The molecular formula is C42H41ClN6O5. The summed E-state index contributed by atoms with van der Waals surface area (Å²) in [7, 11) is 1.89. The zero-order chi connectivity index (χ0) is 37.7. The fourth-order valence-electron chi connectivity index (χ4n) is 8.38. The van der Waals surface area contributed by atoms with Crippen LogP contribution in [0.1, 0.15) is 60.4 Å². The number of nitrogens with one attached hydrogen (secondary N) is 2. The van der Waals surface area contributed by atoms with Gasteiger partial charge >= 0.3 is 6.09 Å². The molecule has 0 spiro atoms. The van der Waals surface area contributed by atoms with Crippen LogP contribution in [0.15, 0.2) is 83.9 Å². The van der Waals surface area contributed by atoms with Gasteiger partial charge in [-0.2, -0.15) is 0 Å². The summed E-state index contributed by atoms with van der Waals surface area (Å²) in [4.78, 5) is 57.3. The first-order chi connectivity index (χ1) is 26.0. The minimum Gasteiger partial charge on any atom is -0.465 e. The highest BCUT2D eigenvalue weighted by Crippen LogP contribution is 2.43. The van der Waals surface area contributed by atoms with Crippen molar-refractivity contribution < 1.29 is 19.5 Å². The molecule has 4 heterocycles. The van der Waals surface area contributed by atoms with Gasteiger partial charge in [0.15, 0.2) is 0 Å². The molecule has 3 amide bonds. The lowest BCUT2D eigenvalue weighted by Crippen LogP contribution is -2.42. The average molecular weight is 745 g/mol. The van der Waals surface area contributed by atoms with Crippen molar-refractivity contribution in [3.05, 3.63) is 117 Å². The summed E-state index contributed by atoms with van der Waals surface area (Å²) in [5.74, 6) is -0.00372. The molecule has 0 bridgehead atoms. The molecule has 5 aromatic rings. The highest BCUT2D eigenvalue weighted by atomic mass is 35.5. The number of carboxylic acid groups (broad SMARTS) is 1. The number of carbonyl (C=O) groups excluding carboxylic acids is 2. The van der Waals surface area contributed by atoms with E-state index < -0.39 is 6.09 Å². The van der Waals surface area contributed by atoms with Crippen molar-refractivity contribution in [2.45, 2.75) is 70.2 Å². The molecule has 3 aromatic carbocycles. The Morgan fingerprint density at radius 3 is 2.35 bits per heavy atom. The number of benzene rings is 3. The van der Waals surface area contributed by atoms with Crippen LogP contribution in [-0.2, 0) is 22.6 Å². The van der Waals surface area contributed by atoms with Crippen molar-refractivity contribution in [2.75, 3.05) is 13.6 Å². The Hall–Kier alpha value is -5.52. The summed E-state index contributed by atoms with van der Waals surface area (Å²) in [6, 6.07) is 21.7. The van der Waals surface area contributed by atoms with Crippen molar-refractivity contribution in [2.24, 2.45) is 0 Å². The number of hydrogen-bond acceptors (Lipinski definition) is 6. The maximum Gasteiger partial charge on any atom is 0.407 e. The molecule has 2 fully saturated rings. The summed E-state index contributed by atoms with van der Waals surface area (Å²) in [5.41, 5.74) is 9.73. The maximum absolute atomic E-state index is 13.4. The molecule has 1 unspecified atom stereocenters. The van der Waals surface area contributed by atoms with Crippen LogP contribution in [0.2, 0.25) is 5.02 Å². The lowest BCUT2D eigenvalue weighted by Gasteiger charge is -2.29. The molecular weight excluding hydrogens is 704 g/mol. The van der Waals surface area contributed by atoms with Crippen LogP contribution in [-0.4, -0.2) is 68.0 Å². The number of aromatic nitrogens is 2. The molecule has 3 aliphatic rings. The topological polar surface area (TPSA) is 136 Å². The minimum absolute atomic E-state index is 0.0249. The highest BCUT2D eigenvalue weighted by molar-refractivity contribution is 6.36. The molecule has 1 aliphatic carbocycles. The third-order valence-electron chi connectivity index (χ3n) is 11.3. The number of amides is 3. The Balaban J connectivity index is 1.05.